The van der Waals surface area contributed by atoms with E-state index in [1.165, 1.54) is 24.3 Å². The summed E-state index contributed by atoms with van der Waals surface area (Å²) in [6.07, 6.45) is -15.4. The molecule has 10 N–H and O–H groups in total. The van der Waals surface area contributed by atoms with Crippen LogP contribution in [0.25, 0.3) is 22.3 Å². The fraction of sp³-hybridized carbons (Fsp3) is 0.444. The minimum Gasteiger partial charge on any atom is -0.507 e. The van der Waals surface area contributed by atoms with Crippen LogP contribution in [0.5, 0.6) is 23.0 Å². The first-order valence-corrected chi connectivity index (χ1v) is 13.0. The Kier molecular flexibility index (Phi) is 8.77. The van der Waals surface area contributed by atoms with Gasteiger partial charge in [0, 0.05) is 17.7 Å². The lowest BCUT2D eigenvalue weighted by Gasteiger charge is -2.39. The van der Waals surface area contributed by atoms with Gasteiger partial charge in [0.25, 0.3) is 0 Å². The summed E-state index contributed by atoms with van der Waals surface area (Å²) in [6, 6.07) is 7.59. The van der Waals surface area contributed by atoms with Crippen LogP contribution >= 0.6 is 0 Å². The lowest BCUT2D eigenvalue weighted by Crippen LogP contribution is -2.60. The van der Waals surface area contributed by atoms with E-state index in [0.717, 1.165) is 12.1 Å². The molecule has 10 atom stereocenters. The van der Waals surface area contributed by atoms with Crippen LogP contribution in [-0.4, -0.2) is 126 Å². The summed E-state index contributed by atoms with van der Waals surface area (Å²) < 4.78 is 27.4. The topological polar surface area (TPSA) is 269 Å². The summed E-state index contributed by atoms with van der Waals surface area (Å²) in [6.45, 7) is -1.34. The standard InChI is InChI=1S/C27H30O16/c28-7-14-17(31)20(34)23(37)26(42-14)39-10-3-1-9(2-4-10)25-22(36)19(33)16-12(30)5-11(6-13(16)41-25)40-27-24(38)21(35)18(32)15(8-29)43-27/h1-6,14-15,17-18,20-21,23-24,26-32,34-38H,7-8H2/t14-,15-,17-,18-,20+,21+,23-,24-,26-,27-/m1/s1. The second-order valence-electron chi connectivity index (χ2n) is 10.1. The summed E-state index contributed by atoms with van der Waals surface area (Å²) in [4.78, 5) is 12.9. The number of ether oxygens (including phenoxy) is 4. The fourth-order valence-electron chi connectivity index (χ4n) is 4.81. The number of hydrogen-bond acceptors (Lipinski definition) is 16. The van der Waals surface area contributed by atoms with Gasteiger partial charge in [-0.2, -0.15) is 0 Å². The Hall–Kier alpha value is -3.55. The van der Waals surface area contributed by atoms with E-state index in [9.17, 15) is 55.9 Å². The Morgan fingerprint density at radius 2 is 1.19 bits per heavy atom. The van der Waals surface area contributed by atoms with Crippen LogP contribution in [0.2, 0.25) is 0 Å². The van der Waals surface area contributed by atoms with Crippen LogP contribution < -0.4 is 14.9 Å². The van der Waals surface area contributed by atoms with Crippen LogP contribution in [0.1, 0.15) is 0 Å². The predicted molar refractivity (Wildman–Crippen MR) is 140 cm³/mol. The summed E-state index contributed by atoms with van der Waals surface area (Å²) in [5.41, 5.74) is -1.08. The lowest BCUT2D eigenvalue weighted by molar-refractivity contribution is -0.277. The Morgan fingerprint density at radius 3 is 1.70 bits per heavy atom. The Balaban J connectivity index is 1.41. The van der Waals surface area contributed by atoms with Crippen molar-refractivity contribution >= 4 is 11.0 Å². The van der Waals surface area contributed by atoms with E-state index in [2.05, 4.69) is 0 Å². The van der Waals surface area contributed by atoms with E-state index in [1.54, 1.807) is 0 Å². The maximum absolute atomic E-state index is 12.9. The van der Waals surface area contributed by atoms with Crippen molar-refractivity contribution in [1.29, 1.82) is 0 Å². The highest BCUT2D eigenvalue weighted by molar-refractivity contribution is 5.88. The predicted octanol–water partition coefficient (Wildman–Crippen LogP) is -2.77. The van der Waals surface area contributed by atoms with Gasteiger partial charge < -0.3 is 74.4 Å². The third kappa shape index (κ3) is 5.73. The molecule has 1 aromatic heterocycles. The van der Waals surface area contributed by atoms with Gasteiger partial charge in [0.05, 0.1) is 13.2 Å². The second-order valence-corrected chi connectivity index (χ2v) is 10.1. The third-order valence-electron chi connectivity index (χ3n) is 7.24. The van der Waals surface area contributed by atoms with Crippen LogP contribution in [-0.2, 0) is 9.47 Å². The number of benzene rings is 2. The maximum Gasteiger partial charge on any atom is 0.238 e. The molecule has 2 aromatic carbocycles. The Labute approximate surface area is 241 Å². The van der Waals surface area contributed by atoms with Gasteiger partial charge in [0.1, 0.15) is 77.0 Å². The number of hydrogen-bond donors (Lipinski definition) is 10. The highest BCUT2D eigenvalue weighted by Gasteiger charge is 2.46. The molecule has 0 bridgehead atoms. The average molecular weight is 611 g/mol. The number of aliphatic hydroxyl groups is 8. The number of aromatic hydroxyl groups is 2. The molecule has 0 aliphatic carbocycles. The van der Waals surface area contributed by atoms with Gasteiger partial charge in [0.2, 0.25) is 23.8 Å². The number of rotatable bonds is 7. The minimum absolute atomic E-state index is 0.101. The molecule has 0 unspecified atom stereocenters. The molecule has 0 amide bonds. The lowest BCUT2D eigenvalue weighted by atomic mass is 9.99. The molecule has 2 aliphatic rings. The molecule has 2 aliphatic heterocycles. The zero-order valence-corrected chi connectivity index (χ0v) is 22.1. The second kappa shape index (κ2) is 12.2. The minimum atomic E-state index is -1.75. The van der Waals surface area contributed by atoms with Gasteiger partial charge in [-0.05, 0) is 24.3 Å². The summed E-state index contributed by atoms with van der Waals surface area (Å²) in [5, 5.41) is 99.7. The van der Waals surface area contributed by atoms with Crippen molar-refractivity contribution in [3.8, 4) is 34.3 Å². The van der Waals surface area contributed by atoms with E-state index in [-0.39, 0.29) is 28.4 Å². The summed E-state index contributed by atoms with van der Waals surface area (Å²) in [5.74, 6) is -1.91. The van der Waals surface area contributed by atoms with Crippen LogP contribution in [0, 0.1) is 0 Å². The SMILES string of the molecule is O=c1c(O)c(-c2ccc(O[C@@H]3O[C@H](CO)[C@@H](O)[C@H](O)[C@H]3O)cc2)oc2cc(O[C@@H]3O[C@H](CO)[C@@H](O)[C@H](O)[C@H]3O)cc(O)c12. The first kappa shape index (κ1) is 30.9. The zero-order chi connectivity index (χ0) is 31.2. The Bertz CT molecular complexity index is 1490. The van der Waals surface area contributed by atoms with E-state index >= 15 is 0 Å². The number of phenols is 1. The molecular formula is C27H30O16. The quantitative estimate of drug-likeness (QED) is 0.130. The van der Waals surface area contributed by atoms with Crippen molar-refractivity contribution in [2.45, 2.75) is 61.4 Å². The highest BCUT2D eigenvalue weighted by atomic mass is 16.7. The molecule has 43 heavy (non-hydrogen) atoms. The van der Waals surface area contributed by atoms with Gasteiger partial charge in [-0.3, -0.25) is 4.79 Å². The molecule has 16 nitrogen and oxygen atoms in total. The number of aliphatic hydroxyl groups excluding tert-OH is 8. The third-order valence-corrected chi connectivity index (χ3v) is 7.24. The van der Waals surface area contributed by atoms with E-state index in [0.29, 0.717) is 0 Å². The first-order chi connectivity index (χ1) is 20.4. The molecule has 0 radical (unpaired) electrons. The maximum atomic E-state index is 12.9. The van der Waals surface area contributed by atoms with Crippen molar-refractivity contribution in [3.05, 3.63) is 46.6 Å². The van der Waals surface area contributed by atoms with Crippen molar-refractivity contribution in [1.82, 2.24) is 0 Å². The van der Waals surface area contributed by atoms with Gasteiger partial charge in [0.15, 0.2) is 5.76 Å². The number of phenolic OH excluding ortho intramolecular Hbond substituents is 1. The van der Waals surface area contributed by atoms with Gasteiger partial charge in [-0.25, -0.2) is 0 Å². The Morgan fingerprint density at radius 1 is 0.674 bits per heavy atom. The van der Waals surface area contributed by atoms with E-state index < -0.39 is 96.9 Å². The van der Waals surface area contributed by atoms with Crippen molar-refractivity contribution in [2.24, 2.45) is 0 Å². The van der Waals surface area contributed by atoms with E-state index in [1.807, 2.05) is 0 Å². The van der Waals surface area contributed by atoms with Crippen LogP contribution in [0.4, 0.5) is 0 Å². The first-order valence-electron chi connectivity index (χ1n) is 13.0. The molecule has 0 spiro atoms. The molecule has 2 saturated heterocycles. The monoisotopic (exact) mass is 610 g/mol. The molecule has 5 rings (SSSR count). The largest absolute Gasteiger partial charge is 0.507 e. The fourth-order valence-corrected chi connectivity index (χ4v) is 4.81. The normalized spacial score (nSPS) is 32.9. The van der Waals surface area contributed by atoms with E-state index in [4.69, 9.17) is 23.4 Å². The molecule has 16 heteroatoms. The molecule has 0 saturated carbocycles. The van der Waals surface area contributed by atoms with Crippen molar-refractivity contribution in [2.75, 3.05) is 13.2 Å². The molecule has 3 aromatic rings. The number of fused-ring (bicyclic) bond motifs is 1. The van der Waals surface area contributed by atoms with Crippen LogP contribution in [0.15, 0.2) is 45.6 Å². The smallest absolute Gasteiger partial charge is 0.238 e. The van der Waals surface area contributed by atoms with Crippen LogP contribution in [0.3, 0.4) is 0 Å². The van der Waals surface area contributed by atoms with Gasteiger partial charge >= 0.3 is 0 Å². The zero-order valence-electron chi connectivity index (χ0n) is 22.1. The summed E-state index contributed by atoms with van der Waals surface area (Å²) >= 11 is 0. The summed E-state index contributed by atoms with van der Waals surface area (Å²) in [7, 11) is 0. The molecule has 234 valence electrons. The highest BCUT2D eigenvalue weighted by Crippen LogP contribution is 2.37. The molecular weight excluding hydrogens is 580 g/mol. The van der Waals surface area contributed by atoms with Gasteiger partial charge in [-0.15, -0.1) is 0 Å². The van der Waals surface area contributed by atoms with Gasteiger partial charge in [-0.1, -0.05) is 0 Å². The molecule has 3 heterocycles. The molecule has 2 fully saturated rings. The van der Waals surface area contributed by atoms with Crippen molar-refractivity contribution in [3.63, 3.8) is 0 Å². The average Bonchev–Trinajstić information content (AvgIpc) is 2.99. The van der Waals surface area contributed by atoms with Crippen molar-refractivity contribution < 1.29 is 74.4 Å².